The quantitative estimate of drug-likeness (QED) is 0.748. The molecule has 1 aromatic carbocycles. The summed E-state index contributed by atoms with van der Waals surface area (Å²) in [5, 5.41) is 7.38. The van der Waals surface area contributed by atoms with Crippen LogP contribution in [-0.2, 0) is 7.05 Å². The van der Waals surface area contributed by atoms with Crippen molar-refractivity contribution in [2.75, 3.05) is 12.4 Å². The summed E-state index contributed by atoms with van der Waals surface area (Å²) in [4.78, 5) is 24.2. The summed E-state index contributed by atoms with van der Waals surface area (Å²) in [5.41, 5.74) is 0.817. The van der Waals surface area contributed by atoms with E-state index in [4.69, 9.17) is 9.15 Å². The number of aryl methyl sites for hydroxylation is 2. The summed E-state index contributed by atoms with van der Waals surface area (Å²) < 4.78 is 11.9. The Hall–Kier alpha value is -3.09. The smallest absolute Gasteiger partial charge is 0.337 e. The van der Waals surface area contributed by atoms with Gasteiger partial charge in [0.2, 0.25) is 0 Å². The number of fused-ring (bicyclic) bond motifs is 1. The lowest BCUT2D eigenvalue weighted by Gasteiger charge is -2.06. The number of nitrogens with one attached hydrogen (secondary N) is 1. The molecule has 7 nitrogen and oxygen atoms in total. The summed E-state index contributed by atoms with van der Waals surface area (Å²) in [6, 6.07) is 7.85. The number of carbonyl (C=O) groups is 1. The first-order valence-corrected chi connectivity index (χ1v) is 6.92. The second-order valence-corrected chi connectivity index (χ2v) is 5.09. The van der Waals surface area contributed by atoms with E-state index in [9.17, 15) is 9.59 Å². The maximum Gasteiger partial charge on any atom is 0.337 e. The molecule has 2 heterocycles. The highest BCUT2D eigenvalue weighted by Crippen LogP contribution is 2.23. The molecule has 3 aromatic rings. The predicted molar refractivity (Wildman–Crippen MR) is 84.9 cm³/mol. The average molecular weight is 313 g/mol. The molecule has 0 aliphatic heterocycles. The zero-order valence-electron chi connectivity index (χ0n) is 12.9. The number of hydrogen-bond acceptors (Lipinski definition) is 5. The van der Waals surface area contributed by atoms with Crippen LogP contribution in [0.3, 0.4) is 0 Å². The Labute approximate surface area is 131 Å². The molecule has 0 saturated carbocycles. The van der Waals surface area contributed by atoms with E-state index in [0.29, 0.717) is 22.5 Å². The van der Waals surface area contributed by atoms with E-state index < -0.39 is 11.5 Å². The molecule has 23 heavy (non-hydrogen) atoms. The number of methoxy groups -OCH3 is 1. The molecule has 0 bridgehead atoms. The minimum Gasteiger partial charge on any atom is -0.497 e. The van der Waals surface area contributed by atoms with Crippen LogP contribution in [-0.4, -0.2) is 22.8 Å². The standard InChI is InChI=1S/C16H15N3O4/c1-9-6-14(18-19(9)2)17-16(21)12-8-15(20)23-13-7-10(22-3)4-5-11(12)13/h4-8H,1-3H3,(H,17,18,21). The average Bonchev–Trinajstić information content (AvgIpc) is 2.83. The van der Waals surface area contributed by atoms with Gasteiger partial charge in [-0.25, -0.2) is 4.79 Å². The number of rotatable bonds is 3. The van der Waals surface area contributed by atoms with Gasteiger partial charge in [-0.05, 0) is 19.1 Å². The number of amides is 1. The zero-order valence-corrected chi connectivity index (χ0v) is 12.9. The first-order chi connectivity index (χ1) is 11.0. The second-order valence-electron chi connectivity index (χ2n) is 5.09. The van der Waals surface area contributed by atoms with Crippen molar-refractivity contribution >= 4 is 22.7 Å². The molecule has 0 saturated heterocycles. The van der Waals surface area contributed by atoms with E-state index in [0.717, 1.165) is 5.69 Å². The molecule has 1 N–H and O–H groups in total. The highest BCUT2D eigenvalue weighted by molar-refractivity contribution is 6.11. The Kier molecular flexibility index (Phi) is 3.61. The molecule has 0 spiro atoms. The molecule has 0 aliphatic rings. The number of benzene rings is 1. The molecule has 0 atom stereocenters. The molecule has 0 aliphatic carbocycles. The molecule has 2 aromatic heterocycles. The lowest BCUT2D eigenvalue weighted by Crippen LogP contribution is -2.15. The Morgan fingerprint density at radius 1 is 1.30 bits per heavy atom. The van der Waals surface area contributed by atoms with Crippen LogP contribution >= 0.6 is 0 Å². The van der Waals surface area contributed by atoms with Crippen molar-refractivity contribution in [2.24, 2.45) is 7.05 Å². The van der Waals surface area contributed by atoms with Crippen LogP contribution in [0.15, 0.2) is 39.5 Å². The van der Waals surface area contributed by atoms with E-state index in [1.54, 1.807) is 36.0 Å². The molecule has 3 rings (SSSR count). The van der Waals surface area contributed by atoms with Crippen LogP contribution < -0.4 is 15.7 Å². The SMILES string of the molecule is COc1ccc2c(C(=O)Nc3cc(C)n(C)n3)cc(=O)oc2c1. The van der Waals surface area contributed by atoms with Crippen molar-refractivity contribution in [3.8, 4) is 5.75 Å². The topological polar surface area (TPSA) is 86.4 Å². The summed E-state index contributed by atoms with van der Waals surface area (Å²) in [5.74, 6) is 0.537. The molecule has 1 amide bonds. The van der Waals surface area contributed by atoms with E-state index >= 15 is 0 Å². The molecular formula is C16H15N3O4. The zero-order chi connectivity index (χ0) is 16.6. The van der Waals surface area contributed by atoms with Gasteiger partial charge in [-0.1, -0.05) is 0 Å². The predicted octanol–water partition coefficient (Wildman–Crippen LogP) is 2.10. The number of ether oxygens (including phenoxy) is 1. The van der Waals surface area contributed by atoms with Crippen molar-refractivity contribution in [1.82, 2.24) is 9.78 Å². The van der Waals surface area contributed by atoms with Gasteiger partial charge in [0.1, 0.15) is 11.3 Å². The van der Waals surface area contributed by atoms with Crippen molar-refractivity contribution < 1.29 is 13.9 Å². The van der Waals surface area contributed by atoms with Crippen LogP contribution in [0.4, 0.5) is 5.82 Å². The lowest BCUT2D eigenvalue weighted by atomic mass is 10.1. The minimum atomic E-state index is -0.604. The Morgan fingerprint density at radius 3 is 2.74 bits per heavy atom. The first kappa shape index (κ1) is 14.8. The summed E-state index contributed by atoms with van der Waals surface area (Å²) in [7, 11) is 3.29. The number of hydrogen-bond donors (Lipinski definition) is 1. The van der Waals surface area contributed by atoms with Crippen LogP contribution in [0.5, 0.6) is 5.75 Å². The van der Waals surface area contributed by atoms with Gasteiger partial charge in [0.15, 0.2) is 5.82 Å². The van der Waals surface area contributed by atoms with E-state index in [-0.39, 0.29) is 5.56 Å². The number of nitrogens with zero attached hydrogens (tertiary/aromatic N) is 2. The molecule has 118 valence electrons. The van der Waals surface area contributed by atoms with Crippen LogP contribution in [0.1, 0.15) is 16.1 Å². The van der Waals surface area contributed by atoms with Gasteiger partial charge in [0, 0.05) is 36.3 Å². The van der Waals surface area contributed by atoms with Gasteiger partial charge in [-0.2, -0.15) is 5.10 Å². The third kappa shape index (κ3) is 2.80. The number of aromatic nitrogens is 2. The van der Waals surface area contributed by atoms with E-state index in [1.165, 1.54) is 13.2 Å². The number of carbonyl (C=O) groups excluding carboxylic acids is 1. The van der Waals surface area contributed by atoms with Gasteiger partial charge in [-0.15, -0.1) is 0 Å². The third-order valence-electron chi connectivity index (χ3n) is 3.55. The third-order valence-corrected chi connectivity index (χ3v) is 3.55. The first-order valence-electron chi connectivity index (χ1n) is 6.92. The fourth-order valence-corrected chi connectivity index (χ4v) is 2.26. The molecule has 0 fully saturated rings. The van der Waals surface area contributed by atoms with Gasteiger partial charge in [-0.3, -0.25) is 9.48 Å². The van der Waals surface area contributed by atoms with E-state index in [1.807, 2.05) is 6.92 Å². The largest absolute Gasteiger partial charge is 0.497 e. The summed E-state index contributed by atoms with van der Waals surface area (Å²) in [6.07, 6.45) is 0. The van der Waals surface area contributed by atoms with Gasteiger partial charge < -0.3 is 14.5 Å². The maximum absolute atomic E-state index is 12.5. The summed E-state index contributed by atoms with van der Waals surface area (Å²) in [6.45, 7) is 1.88. The second kappa shape index (κ2) is 5.60. The summed E-state index contributed by atoms with van der Waals surface area (Å²) >= 11 is 0. The Morgan fingerprint density at radius 2 is 2.09 bits per heavy atom. The lowest BCUT2D eigenvalue weighted by molar-refractivity contribution is 0.102. The van der Waals surface area contributed by atoms with Crippen molar-refractivity contribution in [2.45, 2.75) is 6.92 Å². The normalized spacial score (nSPS) is 10.7. The minimum absolute atomic E-state index is 0.224. The molecule has 7 heteroatoms. The monoisotopic (exact) mass is 313 g/mol. The van der Waals surface area contributed by atoms with Gasteiger partial charge in [0.05, 0.1) is 12.7 Å². The van der Waals surface area contributed by atoms with Gasteiger partial charge >= 0.3 is 5.63 Å². The Bertz CT molecular complexity index is 936. The van der Waals surface area contributed by atoms with Crippen molar-refractivity contribution in [1.29, 1.82) is 0 Å². The van der Waals surface area contributed by atoms with Crippen molar-refractivity contribution in [3.63, 3.8) is 0 Å². The Balaban J connectivity index is 2.04. The fourth-order valence-electron chi connectivity index (χ4n) is 2.26. The highest BCUT2D eigenvalue weighted by atomic mass is 16.5. The van der Waals surface area contributed by atoms with Gasteiger partial charge in [0.25, 0.3) is 5.91 Å². The fraction of sp³-hybridized carbons (Fsp3) is 0.188. The molecule has 0 radical (unpaired) electrons. The van der Waals surface area contributed by atoms with E-state index in [2.05, 4.69) is 10.4 Å². The molecule has 0 unspecified atom stereocenters. The van der Waals surface area contributed by atoms with Crippen molar-refractivity contribution in [3.05, 3.63) is 52.0 Å². The highest BCUT2D eigenvalue weighted by Gasteiger charge is 2.15. The van der Waals surface area contributed by atoms with Crippen LogP contribution in [0, 0.1) is 6.92 Å². The van der Waals surface area contributed by atoms with Crippen LogP contribution in [0.2, 0.25) is 0 Å². The van der Waals surface area contributed by atoms with Crippen LogP contribution in [0.25, 0.3) is 11.0 Å². The maximum atomic E-state index is 12.5. The number of anilines is 1. The molecular weight excluding hydrogens is 298 g/mol.